The third-order valence-electron chi connectivity index (χ3n) is 5.01. The van der Waals surface area contributed by atoms with E-state index in [4.69, 9.17) is 0 Å². The Bertz CT molecular complexity index is 427. The molecule has 1 nitrogen and oxygen atoms in total. The third kappa shape index (κ3) is 4.07. The molecule has 0 aromatic carbocycles. The van der Waals surface area contributed by atoms with E-state index in [0.29, 0.717) is 10.2 Å². The number of halogens is 1. The Balaban J connectivity index is 1.89. The van der Waals surface area contributed by atoms with Gasteiger partial charge in [-0.25, -0.2) is 0 Å². The molecule has 20 heavy (non-hydrogen) atoms. The first-order valence-corrected chi connectivity index (χ1v) is 8.84. The summed E-state index contributed by atoms with van der Waals surface area (Å²) in [5.41, 5.74) is 3.05. The highest BCUT2D eigenvalue weighted by molar-refractivity contribution is 9.09. The second-order valence-corrected chi connectivity index (χ2v) is 8.64. The molecule has 1 aliphatic rings. The highest BCUT2D eigenvalue weighted by Gasteiger charge is 2.32. The molecule has 112 valence electrons. The van der Waals surface area contributed by atoms with Gasteiger partial charge < -0.3 is 0 Å². The van der Waals surface area contributed by atoms with Gasteiger partial charge in [-0.3, -0.25) is 4.98 Å². The molecule has 2 heteroatoms. The predicted molar refractivity (Wildman–Crippen MR) is 90.3 cm³/mol. The van der Waals surface area contributed by atoms with Crippen molar-refractivity contribution in [1.29, 1.82) is 0 Å². The predicted octanol–water partition coefficient (Wildman–Crippen LogP) is 5.55. The topological polar surface area (TPSA) is 12.9 Å². The molecular weight excluding hydrogens is 310 g/mol. The second-order valence-electron chi connectivity index (χ2n) is 7.46. The highest BCUT2D eigenvalue weighted by Crippen LogP contribution is 2.42. The Morgan fingerprint density at radius 2 is 1.90 bits per heavy atom. The lowest BCUT2D eigenvalue weighted by Gasteiger charge is -2.38. The molecule has 1 aromatic rings. The number of hydrogen-bond donors (Lipinski definition) is 0. The highest BCUT2D eigenvalue weighted by atomic mass is 79.9. The SMILES string of the molecule is Cc1cccnc1CC(Br)C1CCC(C(C)(C)C)CC1. The average Bonchev–Trinajstić information content (AvgIpc) is 2.40. The van der Waals surface area contributed by atoms with E-state index in [-0.39, 0.29) is 0 Å². The van der Waals surface area contributed by atoms with E-state index in [1.54, 1.807) is 0 Å². The van der Waals surface area contributed by atoms with Gasteiger partial charge in [0.05, 0.1) is 0 Å². The zero-order chi connectivity index (χ0) is 14.8. The summed E-state index contributed by atoms with van der Waals surface area (Å²) in [6.07, 6.45) is 8.48. The van der Waals surface area contributed by atoms with Crippen LogP contribution < -0.4 is 0 Å². The minimum Gasteiger partial charge on any atom is -0.261 e. The summed E-state index contributed by atoms with van der Waals surface area (Å²) in [5.74, 6) is 1.71. The van der Waals surface area contributed by atoms with E-state index in [1.807, 2.05) is 12.3 Å². The normalized spacial score (nSPS) is 25.4. The Kier molecular flexibility index (Phi) is 5.28. The molecule has 1 unspecified atom stereocenters. The summed E-state index contributed by atoms with van der Waals surface area (Å²) < 4.78 is 0. The average molecular weight is 338 g/mol. The molecule has 1 aliphatic carbocycles. The van der Waals surface area contributed by atoms with Gasteiger partial charge in [0.1, 0.15) is 0 Å². The first-order chi connectivity index (χ1) is 9.38. The molecule has 0 N–H and O–H groups in total. The van der Waals surface area contributed by atoms with Crippen molar-refractivity contribution >= 4 is 15.9 Å². The van der Waals surface area contributed by atoms with Crippen molar-refractivity contribution in [2.45, 2.75) is 64.6 Å². The molecule has 2 rings (SSSR count). The van der Waals surface area contributed by atoms with Crippen LogP contribution in [0.3, 0.4) is 0 Å². The van der Waals surface area contributed by atoms with E-state index in [1.165, 1.54) is 36.9 Å². The Labute approximate surface area is 132 Å². The zero-order valence-electron chi connectivity index (χ0n) is 13.3. The van der Waals surface area contributed by atoms with Gasteiger partial charge in [0.15, 0.2) is 0 Å². The van der Waals surface area contributed by atoms with Crippen molar-refractivity contribution in [2.75, 3.05) is 0 Å². The fourth-order valence-electron chi connectivity index (χ4n) is 3.43. The van der Waals surface area contributed by atoms with Crippen LogP contribution in [0.1, 0.15) is 57.7 Å². The zero-order valence-corrected chi connectivity index (χ0v) is 14.9. The van der Waals surface area contributed by atoms with Crippen LogP contribution in [0.15, 0.2) is 18.3 Å². The number of nitrogens with zero attached hydrogens (tertiary/aromatic N) is 1. The summed E-state index contributed by atoms with van der Waals surface area (Å²) in [5, 5.41) is 0. The lowest BCUT2D eigenvalue weighted by Crippen LogP contribution is -2.29. The van der Waals surface area contributed by atoms with Crippen molar-refractivity contribution in [2.24, 2.45) is 17.3 Å². The van der Waals surface area contributed by atoms with Crippen LogP contribution in [0.2, 0.25) is 0 Å². The number of hydrogen-bond acceptors (Lipinski definition) is 1. The van der Waals surface area contributed by atoms with Gasteiger partial charge in [-0.2, -0.15) is 0 Å². The summed E-state index contributed by atoms with van der Waals surface area (Å²) in [6, 6.07) is 4.19. The van der Waals surface area contributed by atoms with Crippen LogP contribution in [0.25, 0.3) is 0 Å². The fourth-order valence-corrected chi connectivity index (χ4v) is 4.27. The molecule has 0 amide bonds. The number of alkyl halides is 1. The number of aromatic nitrogens is 1. The van der Waals surface area contributed by atoms with E-state index < -0.39 is 0 Å². The molecule has 1 heterocycles. The summed E-state index contributed by atoms with van der Waals surface area (Å²) in [7, 11) is 0. The van der Waals surface area contributed by atoms with E-state index in [9.17, 15) is 0 Å². The van der Waals surface area contributed by atoms with Gasteiger partial charge in [0.25, 0.3) is 0 Å². The van der Waals surface area contributed by atoms with Crippen LogP contribution in [0.5, 0.6) is 0 Å². The molecule has 0 aliphatic heterocycles. The largest absolute Gasteiger partial charge is 0.261 e. The first-order valence-electron chi connectivity index (χ1n) is 7.92. The maximum atomic E-state index is 4.54. The van der Waals surface area contributed by atoms with Gasteiger partial charge >= 0.3 is 0 Å². The van der Waals surface area contributed by atoms with Gasteiger partial charge in [-0.15, -0.1) is 0 Å². The minimum atomic E-state index is 0.477. The molecule has 1 aromatic heterocycles. The maximum absolute atomic E-state index is 4.54. The summed E-state index contributed by atoms with van der Waals surface area (Å²) in [4.78, 5) is 5.12. The molecule has 0 bridgehead atoms. The minimum absolute atomic E-state index is 0.477. The van der Waals surface area contributed by atoms with Gasteiger partial charge in [0, 0.05) is 23.1 Å². The first kappa shape index (κ1) is 16.0. The van der Waals surface area contributed by atoms with Crippen LogP contribution >= 0.6 is 15.9 Å². The van der Waals surface area contributed by atoms with Crippen LogP contribution in [0.4, 0.5) is 0 Å². The molecule has 1 saturated carbocycles. The molecular formula is C18H28BrN. The standard InChI is InChI=1S/C18H28BrN/c1-13-6-5-11-20-17(13)12-16(19)14-7-9-15(10-8-14)18(2,3)4/h5-6,11,14-16H,7-10,12H2,1-4H3. The van der Waals surface area contributed by atoms with Crippen LogP contribution in [0, 0.1) is 24.2 Å². The molecule has 1 atom stereocenters. The number of rotatable bonds is 3. The van der Waals surface area contributed by atoms with E-state index in [2.05, 4.69) is 54.7 Å². The summed E-state index contributed by atoms with van der Waals surface area (Å²) >= 11 is 3.94. The fraction of sp³-hybridized carbons (Fsp3) is 0.722. The maximum Gasteiger partial charge on any atom is 0.0443 e. The van der Waals surface area contributed by atoms with E-state index in [0.717, 1.165) is 18.3 Å². The number of aryl methyl sites for hydroxylation is 1. The molecule has 1 fully saturated rings. The number of pyridine rings is 1. The molecule has 0 radical (unpaired) electrons. The van der Waals surface area contributed by atoms with Gasteiger partial charge in [0.2, 0.25) is 0 Å². The smallest absolute Gasteiger partial charge is 0.0443 e. The van der Waals surface area contributed by atoms with E-state index >= 15 is 0 Å². The van der Waals surface area contributed by atoms with Gasteiger partial charge in [-0.05, 0) is 61.5 Å². The van der Waals surface area contributed by atoms with Crippen LogP contribution in [-0.2, 0) is 6.42 Å². The Morgan fingerprint density at radius 3 is 2.45 bits per heavy atom. The lowest BCUT2D eigenvalue weighted by atomic mass is 9.69. The molecule has 0 saturated heterocycles. The molecule has 0 spiro atoms. The van der Waals surface area contributed by atoms with Crippen molar-refractivity contribution in [3.63, 3.8) is 0 Å². The third-order valence-corrected chi connectivity index (χ3v) is 6.09. The quantitative estimate of drug-likeness (QED) is 0.659. The van der Waals surface area contributed by atoms with Crippen molar-refractivity contribution in [1.82, 2.24) is 4.98 Å². The van der Waals surface area contributed by atoms with Crippen LogP contribution in [-0.4, -0.2) is 9.81 Å². The lowest BCUT2D eigenvalue weighted by molar-refractivity contribution is 0.149. The van der Waals surface area contributed by atoms with Gasteiger partial charge in [-0.1, -0.05) is 42.8 Å². The Morgan fingerprint density at radius 1 is 1.25 bits per heavy atom. The van der Waals surface area contributed by atoms with Crippen molar-refractivity contribution in [3.8, 4) is 0 Å². The Hall–Kier alpha value is -0.370. The monoisotopic (exact) mass is 337 g/mol. The van der Waals surface area contributed by atoms with Crippen molar-refractivity contribution < 1.29 is 0 Å². The summed E-state index contributed by atoms with van der Waals surface area (Å²) in [6.45, 7) is 9.33. The second kappa shape index (κ2) is 6.60. The van der Waals surface area contributed by atoms with Crippen molar-refractivity contribution in [3.05, 3.63) is 29.6 Å².